The number of fused-ring (bicyclic) bond motifs is 1. The van der Waals surface area contributed by atoms with Crippen LogP contribution in [-0.2, 0) is 23.1 Å². The van der Waals surface area contributed by atoms with Crippen molar-refractivity contribution in [1.82, 2.24) is 29.5 Å². The quantitative estimate of drug-likeness (QED) is 0.131. The fourth-order valence-electron chi connectivity index (χ4n) is 4.52. The van der Waals surface area contributed by atoms with Crippen LogP contribution in [0, 0.1) is 0 Å². The van der Waals surface area contributed by atoms with Crippen molar-refractivity contribution in [2.75, 3.05) is 11.3 Å². The van der Waals surface area contributed by atoms with Gasteiger partial charge in [0.05, 0.1) is 29.4 Å². The van der Waals surface area contributed by atoms with E-state index < -0.39 is 16.1 Å². The summed E-state index contributed by atoms with van der Waals surface area (Å²) in [6, 6.07) is 17.9. The maximum atomic E-state index is 12.7. The van der Waals surface area contributed by atoms with Crippen LogP contribution >= 0.6 is 11.5 Å². The van der Waals surface area contributed by atoms with E-state index in [2.05, 4.69) is 29.7 Å². The third-order valence-electron chi connectivity index (χ3n) is 7.06. The van der Waals surface area contributed by atoms with Gasteiger partial charge in [-0.25, -0.2) is 18.4 Å². The molecular formula is C30H33N7O5S2. The van der Waals surface area contributed by atoms with Crippen molar-refractivity contribution in [3.8, 4) is 0 Å². The average molecular weight is 636 g/mol. The van der Waals surface area contributed by atoms with Crippen LogP contribution in [0.4, 0.5) is 5.69 Å². The van der Waals surface area contributed by atoms with E-state index in [1.54, 1.807) is 54.9 Å². The Morgan fingerprint density at radius 1 is 1.09 bits per heavy atom. The van der Waals surface area contributed by atoms with E-state index >= 15 is 0 Å². The number of aromatic nitrogens is 4. The lowest BCUT2D eigenvalue weighted by atomic mass is 9.99. The van der Waals surface area contributed by atoms with Crippen molar-refractivity contribution in [1.29, 1.82) is 0 Å². The number of amides is 1. The minimum Gasteiger partial charge on any atom is -0.387 e. The van der Waals surface area contributed by atoms with Crippen LogP contribution in [0.3, 0.4) is 0 Å². The molecule has 1 atom stereocenters. The second kappa shape index (κ2) is 13.1. The first kappa shape index (κ1) is 31.1. The van der Waals surface area contributed by atoms with Gasteiger partial charge >= 0.3 is 0 Å². The molecule has 44 heavy (non-hydrogen) atoms. The first-order valence-corrected chi connectivity index (χ1v) is 16.2. The summed E-state index contributed by atoms with van der Waals surface area (Å²) in [4.78, 5) is 32.9. The number of anilines is 1. The molecule has 3 aromatic heterocycles. The minimum atomic E-state index is -3.75. The average Bonchev–Trinajstić information content (AvgIpc) is 3.63. The van der Waals surface area contributed by atoms with E-state index in [9.17, 15) is 23.1 Å². The Bertz CT molecular complexity index is 1920. The molecule has 0 aliphatic carbocycles. The molecule has 1 amide bonds. The highest BCUT2D eigenvalue weighted by atomic mass is 32.2. The molecule has 0 saturated heterocycles. The summed E-state index contributed by atoms with van der Waals surface area (Å²) in [6.07, 6.45) is 3.00. The number of sulfonamides is 1. The van der Waals surface area contributed by atoms with Crippen molar-refractivity contribution in [2.45, 2.75) is 49.9 Å². The molecule has 230 valence electrons. The number of aromatic amines is 1. The Balaban J connectivity index is 1.14. The number of carbonyl (C=O) groups is 1. The number of hydrogen-bond donors (Lipinski definition) is 5. The molecule has 12 nitrogen and oxygen atoms in total. The molecule has 0 bridgehead atoms. The second-order valence-corrected chi connectivity index (χ2v) is 13.4. The van der Waals surface area contributed by atoms with Crippen molar-refractivity contribution in [2.24, 2.45) is 0 Å². The van der Waals surface area contributed by atoms with E-state index in [0.717, 1.165) is 11.5 Å². The smallest absolute Gasteiger partial charge is 0.261 e. The molecule has 0 unspecified atom stereocenters. The van der Waals surface area contributed by atoms with Gasteiger partial charge in [-0.05, 0) is 67.7 Å². The lowest BCUT2D eigenvalue weighted by Gasteiger charge is -2.28. The van der Waals surface area contributed by atoms with Crippen LogP contribution in [0.1, 0.15) is 48.0 Å². The topological polar surface area (TPSA) is 171 Å². The first-order chi connectivity index (χ1) is 21.0. The Kier molecular flexibility index (Phi) is 9.25. The first-order valence-electron chi connectivity index (χ1n) is 13.9. The third-order valence-corrected chi connectivity index (χ3v) is 9.14. The van der Waals surface area contributed by atoms with E-state index in [1.165, 1.54) is 24.4 Å². The number of nitrogens with one attached hydrogen (secondary N) is 4. The van der Waals surface area contributed by atoms with Crippen LogP contribution in [0.2, 0.25) is 0 Å². The van der Waals surface area contributed by atoms with Gasteiger partial charge in [-0.2, -0.15) is 0 Å². The minimum absolute atomic E-state index is 0.102. The highest BCUT2D eigenvalue weighted by Gasteiger charge is 2.21. The molecule has 5 aromatic rings. The highest BCUT2D eigenvalue weighted by molar-refractivity contribution is 7.92. The molecule has 5 N–H and O–H groups in total. The Morgan fingerprint density at radius 2 is 1.89 bits per heavy atom. The van der Waals surface area contributed by atoms with E-state index in [4.69, 9.17) is 0 Å². The predicted octanol–water partition coefficient (Wildman–Crippen LogP) is 3.40. The number of β-amino-alcohol motifs (C(OH)–C–C–N with tert-alkyl or cyclic N) is 1. The second-order valence-electron chi connectivity index (χ2n) is 11.0. The monoisotopic (exact) mass is 635 g/mol. The van der Waals surface area contributed by atoms with Gasteiger partial charge in [-0.1, -0.05) is 30.3 Å². The number of nitrogens with zero attached hydrogens (tertiary/aromatic N) is 3. The van der Waals surface area contributed by atoms with Gasteiger partial charge in [0.15, 0.2) is 5.65 Å². The Hall–Kier alpha value is -4.37. The molecule has 0 fully saturated rings. The summed E-state index contributed by atoms with van der Waals surface area (Å²) in [5, 5.41) is 17.0. The van der Waals surface area contributed by atoms with Gasteiger partial charge < -0.3 is 24.7 Å². The van der Waals surface area contributed by atoms with Crippen LogP contribution in [-0.4, -0.2) is 50.4 Å². The molecular weight excluding hydrogens is 603 g/mol. The number of aliphatic hydroxyl groups is 1. The Labute approximate surface area is 258 Å². The molecule has 14 heteroatoms. The summed E-state index contributed by atoms with van der Waals surface area (Å²) < 4.78 is 32.6. The van der Waals surface area contributed by atoms with E-state index in [0.29, 0.717) is 46.6 Å². The number of aliphatic hydroxyl groups excluding tert-OH is 1. The number of carbonyl (C=O) groups excluding carboxylic acids is 1. The molecule has 3 heterocycles. The third kappa shape index (κ3) is 7.77. The lowest BCUT2D eigenvalue weighted by molar-refractivity contribution is 0.0950. The summed E-state index contributed by atoms with van der Waals surface area (Å²) in [5.74, 6) is -0.316. The van der Waals surface area contributed by atoms with Crippen LogP contribution in [0.25, 0.3) is 11.2 Å². The van der Waals surface area contributed by atoms with Gasteiger partial charge in [-0.15, -0.1) is 0 Å². The number of rotatable bonds is 13. The van der Waals surface area contributed by atoms with Crippen molar-refractivity contribution >= 4 is 44.3 Å². The Morgan fingerprint density at radius 3 is 2.64 bits per heavy atom. The highest BCUT2D eigenvalue weighted by Crippen LogP contribution is 2.22. The maximum Gasteiger partial charge on any atom is 0.261 e. The maximum absolute atomic E-state index is 12.7. The lowest BCUT2D eigenvalue weighted by Crippen LogP contribution is -2.42. The van der Waals surface area contributed by atoms with Crippen LogP contribution in [0.15, 0.2) is 88.9 Å². The van der Waals surface area contributed by atoms with E-state index in [1.807, 2.05) is 18.4 Å². The molecule has 2 aromatic carbocycles. The van der Waals surface area contributed by atoms with Crippen molar-refractivity contribution in [3.63, 3.8) is 0 Å². The van der Waals surface area contributed by atoms with Crippen LogP contribution < -0.4 is 20.1 Å². The molecule has 0 aliphatic heterocycles. The zero-order valence-corrected chi connectivity index (χ0v) is 25.8. The van der Waals surface area contributed by atoms with Gasteiger partial charge in [-0.3, -0.25) is 14.3 Å². The predicted molar refractivity (Wildman–Crippen MR) is 169 cm³/mol. The zero-order chi connectivity index (χ0) is 31.3. The number of H-pyrrole nitrogens is 1. The SMILES string of the molecule is CC(C)(CCn1cnc2cc(C(=O)NCc3cc(=O)s[nH]3)cnc21)NC[C@H](O)c1cccc(NS(=O)(=O)c2ccccc2)c1. The zero-order valence-electron chi connectivity index (χ0n) is 24.1. The summed E-state index contributed by atoms with van der Waals surface area (Å²) in [6.45, 7) is 5.11. The normalized spacial score (nSPS) is 12.7. The standard InChI is InChI=1S/C30H33N7O5S2/c1-30(2,34-18-26(38)20-7-6-8-22(13-20)36-44(41,42)24-9-4-3-5-10-24)11-12-37-19-33-25-14-21(16-31-28(25)37)29(40)32-17-23-15-27(39)43-35-23/h3-10,13-16,19,26,34-36,38H,11-12,17-18H2,1-2H3,(H,32,40)/t26-/m0/s1. The van der Waals surface area contributed by atoms with E-state index in [-0.39, 0.29) is 34.2 Å². The van der Waals surface area contributed by atoms with Crippen molar-refractivity contribution < 1.29 is 18.3 Å². The fourth-order valence-corrected chi connectivity index (χ4v) is 6.16. The molecule has 0 aliphatic rings. The van der Waals surface area contributed by atoms with Gasteiger partial charge in [0, 0.05) is 42.3 Å². The fraction of sp³-hybridized carbons (Fsp3) is 0.267. The van der Waals surface area contributed by atoms with Crippen molar-refractivity contribution in [3.05, 3.63) is 106 Å². The summed E-state index contributed by atoms with van der Waals surface area (Å²) in [5.41, 5.74) is 2.81. The number of aryl methyl sites for hydroxylation is 1. The summed E-state index contributed by atoms with van der Waals surface area (Å²) >= 11 is 0.973. The van der Waals surface area contributed by atoms with Crippen LogP contribution in [0.5, 0.6) is 0 Å². The molecule has 0 radical (unpaired) electrons. The van der Waals surface area contributed by atoms with Gasteiger partial charge in [0.25, 0.3) is 15.9 Å². The van der Waals surface area contributed by atoms with Gasteiger partial charge in [0.2, 0.25) is 4.74 Å². The molecule has 5 rings (SSSR count). The number of benzene rings is 2. The number of pyridine rings is 1. The largest absolute Gasteiger partial charge is 0.387 e. The molecule has 0 spiro atoms. The van der Waals surface area contributed by atoms with Gasteiger partial charge in [0.1, 0.15) is 5.52 Å². The summed E-state index contributed by atoms with van der Waals surface area (Å²) in [7, 11) is -3.75. The number of imidazole rings is 1. The number of hydrogen-bond acceptors (Lipinski definition) is 9. The molecule has 0 saturated carbocycles.